The van der Waals surface area contributed by atoms with E-state index in [9.17, 15) is 0 Å². The SMILES string of the molecule is [B][C@@H]1O[C@H](COC(C)(C)C)C(OCC#C)[C@@H]1OC(C)(C)C. The van der Waals surface area contributed by atoms with E-state index in [0.29, 0.717) is 6.61 Å². The zero-order valence-corrected chi connectivity index (χ0v) is 14.0. The van der Waals surface area contributed by atoms with Gasteiger partial charge in [-0.2, -0.15) is 0 Å². The van der Waals surface area contributed by atoms with E-state index in [-0.39, 0.29) is 36.1 Å². The summed E-state index contributed by atoms with van der Waals surface area (Å²) in [4.78, 5) is 0. The van der Waals surface area contributed by atoms with Gasteiger partial charge in [0.1, 0.15) is 32.8 Å². The highest BCUT2D eigenvalue weighted by atomic mass is 16.6. The van der Waals surface area contributed by atoms with Crippen LogP contribution in [0.4, 0.5) is 0 Å². The molecule has 1 fully saturated rings. The number of rotatable bonds is 5. The van der Waals surface area contributed by atoms with E-state index in [1.807, 2.05) is 41.5 Å². The van der Waals surface area contributed by atoms with Crippen LogP contribution in [0.2, 0.25) is 0 Å². The van der Waals surface area contributed by atoms with Crippen LogP contribution < -0.4 is 0 Å². The predicted octanol–water partition coefficient (Wildman–Crippen LogP) is 1.90. The van der Waals surface area contributed by atoms with Gasteiger partial charge in [0.05, 0.1) is 17.8 Å². The van der Waals surface area contributed by atoms with Gasteiger partial charge in [-0.05, 0) is 41.5 Å². The summed E-state index contributed by atoms with van der Waals surface area (Å²) in [6.07, 6.45) is 4.29. The topological polar surface area (TPSA) is 36.9 Å². The van der Waals surface area contributed by atoms with Gasteiger partial charge in [0.25, 0.3) is 0 Å². The number of terminal acetylenes is 1. The lowest BCUT2D eigenvalue weighted by molar-refractivity contribution is -0.122. The zero-order chi connectivity index (χ0) is 16.3. The van der Waals surface area contributed by atoms with Crippen LogP contribution in [0.3, 0.4) is 0 Å². The smallest absolute Gasteiger partial charge is 0.115 e. The second kappa shape index (κ2) is 7.15. The first-order valence-corrected chi connectivity index (χ1v) is 7.31. The minimum atomic E-state index is -0.555. The van der Waals surface area contributed by atoms with Crippen LogP contribution in [0.25, 0.3) is 0 Å². The summed E-state index contributed by atoms with van der Waals surface area (Å²) in [5.41, 5.74) is -0.601. The molecule has 0 amide bonds. The molecule has 0 bridgehead atoms. The maximum absolute atomic E-state index is 6.04. The van der Waals surface area contributed by atoms with Crippen molar-refractivity contribution in [2.75, 3.05) is 13.2 Å². The van der Waals surface area contributed by atoms with Crippen LogP contribution in [0.15, 0.2) is 0 Å². The van der Waals surface area contributed by atoms with E-state index in [1.165, 1.54) is 0 Å². The molecule has 1 rings (SSSR count). The van der Waals surface area contributed by atoms with Crippen molar-refractivity contribution < 1.29 is 18.9 Å². The third kappa shape index (κ3) is 6.40. The molecular weight excluding hydrogens is 267 g/mol. The highest BCUT2D eigenvalue weighted by Gasteiger charge is 2.45. The first-order valence-electron chi connectivity index (χ1n) is 7.31. The molecule has 0 aromatic heterocycles. The summed E-state index contributed by atoms with van der Waals surface area (Å²) in [6, 6.07) is -0.555. The van der Waals surface area contributed by atoms with Crippen molar-refractivity contribution >= 4 is 7.85 Å². The first-order chi connectivity index (χ1) is 9.53. The molecule has 1 unspecified atom stereocenters. The van der Waals surface area contributed by atoms with Gasteiger partial charge >= 0.3 is 0 Å². The molecule has 1 aliphatic rings. The Labute approximate surface area is 130 Å². The summed E-state index contributed by atoms with van der Waals surface area (Å²) in [5, 5.41) is 0. The maximum atomic E-state index is 6.04. The molecule has 2 radical (unpaired) electrons. The number of hydrogen-bond acceptors (Lipinski definition) is 4. The Hall–Kier alpha value is -0.535. The molecule has 1 heterocycles. The van der Waals surface area contributed by atoms with E-state index in [1.54, 1.807) is 0 Å². The maximum Gasteiger partial charge on any atom is 0.115 e. The Morgan fingerprint density at radius 2 is 1.71 bits per heavy atom. The van der Waals surface area contributed by atoms with Crippen molar-refractivity contribution in [3.8, 4) is 12.3 Å². The fraction of sp³-hybridized carbons (Fsp3) is 0.875. The third-order valence-corrected chi connectivity index (χ3v) is 2.88. The Morgan fingerprint density at radius 1 is 1.10 bits per heavy atom. The molecule has 0 aromatic carbocycles. The summed E-state index contributed by atoms with van der Waals surface area (Å²) >= 11 is 0. The van der Waals surface area contributed by atoms with Gasteiger partial charge in [0, 0.05) is 6.00 Å². The van der Waals surface area contributed by atoms with E-state index < -0.39 is 6.00 Å². The summed E-state index contributed by atoms with van der Waals surface area (Å²) < 4.78 is 23.2. The fourth-order valence-corrected chi connectivity index (χ4v) is 2.11. The number of ether oxygens (including phenoxy) is 4. The third-order valence-electron chi connectivity index (χ3n) is 2.88. The lowest BCUT2D eigenvalue weighted by Crippen LogP contribution is -2.43. The zero-order valence-electron chi connectivity index (χ0n) is 14.0. The van der Waals surface area contributed by atoms with Crippen molar-refractivity contribution in [1.82, 2.24) is 0 Å². The highest BCUT2D eigenvalue weighted by Crippen LogP contribution is 2.29. The number of hydrogen-bond donors (Lipinski definition) is 0. The molecule has 21 heavy (non-hydrogen) atoms. The van der Waals surface area contributed by atoms with E-state index in [4.69, 9.17) is 33.2 Å². The van der Waals surface area contributed by atoms with Crippen molar-refractivity contribution in [2.24, 2.45) is 0 Å². The molecule has 5 heteroatoms. The van der Waals surface area contributed by atoms with Crippen molar-refractivity contribution in [3.05, 3.63) is 0 Å². The van der Waals surface area contributed by atoms with Crippen molar-refractivity contribution in [1.29, 1.82) is 0 Å². The molecule has 4 nitrogen and oxygen atoms in total. The average Bonchev–Trinajstić information content (AvgIpc) is 2.58. The Balaban J connectivity index is 2.76. The van der Waals surface area contributed by atoms with E-state index in [0.717, 1.165) is 0 Å². The van der Waals surface area contributed by atoms with Crippen LogP contribution in [0.5, 0.6) is 0 Å². The summed E-state index contributed by atoms with van der Waals surface area (Å²) in [7, 11) is 6.04. The second-order valence-corrected chi connectivity index (χ2v) is 7.24. The Bertz CT molecular complexity index is 364. The first kappa shape index (κ1) is 18.5. The molecule has 118 valence electrons. The molecule has 0 saturated carbocycles. The molecule has 1 saturated heterocycles. The van der Waals surface area contributed by atoms with Gasteiger partial charge in [0.15, 0.2) is 0 Å². The lowest BCUT2D eigenvalue weighted by atomic mass is 9.92. The lowest BCUT2D eigenvalue weighted by Gasteiger charge is -2.31. The predicted molar refractivity (Wildman–Crippen MR) is 83.3 cm³/mol. The van der Waals surface area contributed by atoms with Gasteiger partial charge in [-0.1, -0.05) is 5.92 Å². The monoisotopic (exact) mass is 294 g/mol. The molecule has 1 aliphatic heterocycles. The molecule has 0 N–H and O–H groups in total. The van der Waals surface area contributed by atoms with Gasteiger partial charge in [-0.15, -0.1) is 6.42 Å². The standard InChI is InChI=1S/C16H27BO4/c1-8-9-18-12-11(10-19-15(2,3)4)20-14(17)13(12)21-16(5,6)7/h1,11-14H,9-10H2,2-7H3/t11-,12?,13+,14-/m1/s1. The van der Waals surface area contributed by atoms with Crippen LogP contribution in [0, 0.1) is 12.3 Å². The minimum Gasteiger partial charge on any atom is -0.377 e. The van der Waals surface area contributed by atoms with Gasteiger partial charge in [0.2, 0.25) is 0 Å². The van der Waals surface area contributed by atoms with Gasteiger partial charge in [-0.3, -0.25) is 0 Å². The largest absolute Gasteiger partial charge is 0.377 e. The quantitative estimate of drug-likeness (QED) is 0.573. The Kier molecular flexibility index (Phi) is 6.30. The molecule has 4 atom stereocenters. The Morgan fingerprint density at radius 3 is 2.19 bits per heavy atom. The molecular formula is C16H27BO4. The van der Waals surface area contributed by atoms with E-state index in [2.05, 4.69) is 5.92 Å². The summed E-state index contributed by atoms with van der Waals surface area (Å²) in [6.45, 7) is 12.4. The van der Waals surface area contributed by atoms with Crippen LogP contribution in [0.1, 0.15) is 41.5 Å². The molecule has 0 aliphatic carbocycles. The summed E-state index contributed by atoms with van der Waals surface area (Å²) in [5.74, 6) is 2.47. The van der Waals surface area contributed by atoms with Gasteiger partial charge < -0.3 is 18.9 Å². The molecule has 0 spiro atoms. The average molecular weight is 294 g/mol. The van der Waals surface area contributed by atoms with Gasteiger partial charge in [-0.25, -0.2) is 0 Å². The highest BCUT2D eigenvalue weighted by molar-refractivity contribution is 6.11. The van der Waals surface area contributed by atoms with E-state index >= 15 is 0 Å². The fourth-order valence-electron chi connectivity index (χ4n) is 2.11. The van der Waals surface area contributed by atoms with Crippen molar-refractivity contribution in [2.45, 2.75) is 77.1 Å². The molecule has 0 aromatic rings. The van der Waals surface area contributed by atoms with Crippen LogP contribution in [-0.4, -0.2) is 56.6 Å². The van der Waals surface area contributed by atoms with Crippen LogP contribution in [-0.2, 0) is 18.9 Å². The second-order valence-electron chi connectivity index (χ2n) is 7.24. The van der Waals surface area contributed by atoms with Crippen LogP contribution >= 0.6 is 0 Å². The normalized spacial score (nSPS) is 30.3. The minimum absolute atomic E-state index is 0.191. The van der Waals surface area contributed by atoms with Crippen molar-refractivity contribution in [3.63, 3.8) is 0 Å².